The van der Waals surface area contributed by atoms with Crippen LogP contribution in [0, 0.1) is 23.2 Å². The topological polar surface area (TPSA) is 21.3 Å². The van der Waals surface area contributed by atoms with Crippen LogP contribution in [0.1, 0.15) is 56.6 Å². The number of benzene rings is 2. The number of ether oxygens (including phenoxy) is 1. The van der Waals surface area contributed by atoms with E-state index in [9.17, 15) is 0 Å². The summed E-state index contributed by atoms with van der Waals surface area (Å²) in [5.74, 6) is 3.83. The van der Waals surface area contributed by atoms with Gasteiger partial charge in [-0.25, -0.2) is 0 Å². The molecule has 1 N–H and O–H groups in total. The Bertz CT molecular complexity index is 927. The van der Waals surface area contributed by atoms with E-state index in [1.807, 2.05) is 24.3 Å². The molecule has 0 spiro atoms. The van der Waals surface area contributed by atoms with Gasteiger partial charge in [0.05, 0.1) is 0 Å². The highest BCUT2D eigenvalue weighted by molar-refractivity contribution is 9.10. The van der Waals surface area contributed by atoms with Gasteiger partial charge in [0.25, 0.3) is 0 Å². The van der Waals surface area contributed by atoms with Gasteiger partial charge in [-0.05, 0) is 98.9 Å². The molecule has 4 saturated carbocycles. The molecule has 6 rings (SSSR count). The van der Waals surface area contributed by atoms with Crippen molar-refractivity contribution in [2.75, 3.05) is 0 Å². The maximum atomic E-state index is 6.33. The lowest BCUT2D eigenvalue weighted by Gasteiger charge is -2.59. The number of hydrogen-bond donors (Lipinski definition) is 1. The minimum atomic E-state index is 0.426. The lowest BCUT2D eigenvalue weighted by atomic mass is 9.48. The molecule has 4 aliphatic carbocycles. The molecular formula is C26H30BrCl2NO. The van der Waals surface area contributed by atoms with E-state index in [-0.39, 0.29) is 0 Å². The van der Waals surface area contributed by atoms with E-state index in [0.29, 0.717) is 28.1 Å². The molecule has 0 radical (unpaired) electrons. The van der Waals surface area contributed by atoms with E-state index in [1.165, 1.54) is 44.1 Å². The molecule has 4 fully saturated rings. The summed E-state index contributed by atoms with van der Waals surface area (Å²) in [4.78, 5) is 0. The monoisotopic (exact) mass is 521 g/mol. The summed E-state index contributed by atoms with van der Waals surface area (Å²) in [7, 11) is 0. The van der Waals surface area contributed by atoms with Gasteiger partial charge in [-0.3, -0.25) is 0 Å². The van der Waals surface area contributed by atoms with Crippen molar-refractivity contribution in [1.29, 1.82) is 0 Å². The molecule has 0 saturated heterocycles. The minimum Gasteiger partial charge on any atom is -0.489 e. The first-order valence-electron chi connectivity index (χ1n) is 11.5. The van der Waals surface area contributed by atoms with Crippen LogP contribution in [0.5, 0.6) is 5.75 Å². The molecule has 4 bridgehead atoms. The van der Waals surface area contributed by atoms with Crippen molar-refractivity contribution < 1.29 is 4.74 Å². The number of nitrogens with one attached hydrogen (secondary N) is 1. The van der Waals surface area contributed by atoms with Gasteiger partial charge in [0.2, 0.25) is 0 Å². The summed E-state index contributed by atoms with van der Waals surface area (Å²) in [6.07, 6.45) is 8.73. The Morgan fingerprint density at radius 2 is 1.68 bits per heavy atom. The van der Waals surface area contributed by atoms with Gasteiger partial charge < -0.3 is 10.1 Å². The third kappa shape index (κ3) is 4.67. The van der Waals surface area contributed by atoms with Crippen LogP contribution in [-0.4, -0.2) is 6.04 Å². The molecule has 2 aromatic carbocycles. The first-order valence-corrected chi connectivity index (χ1v) is 13.0. The molecule has 4 aliphatic rings. The molecule has 31 heavy (non-hydrogen) atoms. The van der Waals surface area contributed by atoms with Gasteiger partial charge in [-0.1, -0.05) is 45.2 Å². The third-order valence-electron chi connectivity index (χ3n) is 8.02. The fraction of sp³-hybridized carbons (Fsp3) is 0.538. The summed E-state index contributed by atoms with van der Waals surface area (Å²) in [5, 5.41) is 5.17. The van der Waals surface area contributed by atoms with Gasteiger partial charge >= 0.3 is 0 Å². The second-order valence-corrected chi connectivity index (χ2v) is 11.9. The van der Waals surface area contributed by atoms with E-state index >= 15 is 0 Å². The molecule has 0 heterocycles. The number of halogens is 3. The second kappa shape index (κ2) is 8.89. The van der Waals surface area contributed by atoms with Gasteiger partial charge in [-0.15, -0.1) is 0 Å². The van der Waals surface area contributed by atoms with Crippen molar-refractivity contribution in [3.05, 3.63) is 62.0 Å². The fourth-order valence-corrected chi connectivity index (χ4v) is 7.68. The van der Waals surface area contributed by atoms with Crippen LogP contribution >= 0.6 is 39.1 Å². The van der Waals surface area contributed by atoms with Crippen molar-refractivity contribution in [3.63, 3.8) is 0 Å². The smallest absolute Gasteiger partial charge is 0.124 e. The third-order valence-corrected chi connectivity index (χ3v) is 9.10. The Balaban J connectivity index is 1.26. The zero-order valence-corrected chi connectivity index (χ0v) is 21.1. The fourth-order valence-electron chi connectivity index (χ4n) is 6.81. The molecule has 5 heteroatoms. The van der Waals surface area contributed by atoms with Gasteiger partial charge in [0, 0.05) is 38.2 Å². The van der Waals surface area contributed by atoms with Crippen LogP contribution in [0.4, 0.5) is 0 Å². The first kappa shape index (κ1) is 22.1. The molecule has 166 valence electrons. The summed E-state index contributed by atoms with van der Waals surface area (Å²) in [6.45, 7) is 3.65. The molecule has 1 atom stereocenters. The highest BCUT2D eigenvalue weighted by Gasteiger charge is 2.52. The Labute approximate surface area is 204 Å². The maximum Gasteiger partial charge on any atom is 0.124 e. The lowest BCUT2D eigenvalue weighted by molar-refractivity contribution is -0.0706. The summed E-state index contributed by atoms with van der Waals surface area (Å²) in [5.41, 5.74) is 2.62. The SMILES string of the molecule is C[C@H](NCc1cc(Br)ccc1OCc1ccc(Cl)cc1Cl)C12CC3CC(CC(C3)C1)C2. The van der Waals surface area contributed by atoms with Crippen molar-refractivity contribution in [3.8, 4) is 5.75 Å². The highest BCUT2D eigenvalue weighted by atomic mass is 79.9. The highest BCUT2D eigenvalue weighted by Crippen LogP contribution is 2.61. The van der Waals surface area contributed by atoms with Crippen LogP contribution in [-0.2, 0) is 13.2 Å². The zero-order valence-electron chi connectivity index (χ0n) is 18.0. The van der Waals surface area contributed by atoms with Crippen molar-refractivity contribution >= 4 is 39.1 Å². The molecule has 0 aromatic heterocycles. The summed E-state index contributed by atoms with van der Waals surface area (Å²) in [6, 6.07) is 12.3. The Morgan fingerprint density at radius 3 is 2.32 bits per heavy atom. The molecule has 0 aliphatic heterocycles. The number of hydrogen-bond acceptors (Lipinski definition) is 2. The van der Waals surface area contributed by atoms with Crippen LogP contribution in [0.15, 0.2) is 40.9 Å². The van der Waals surface area contributed by atoms with Crippen molar-refractivity contribution in [1.82, 2.24) is 5.32 Å². The van der Waals surface area contributed by atoms with E-state index in [1.54, 1.807) is 6.07 Å². The Kier molecular flexibility index (Phi) is 6.33. The molecule has 2 nitrogen and oxygen atoms in total. The first-order chi connectivity index (χ1) is 14.9. The summed E-state index contributed by atoms with van der Waals surface area (Å²) < 4.78 is 7.26. The molecule has 0 unspecified atom stereocenters. The predicted molar refractivity (Wildman–Crippen MR) is 132 cm³/mol. The van der Waals surface area contributed by atoms with Crippen LogP contribution < -0.4 is 10.1 Å². The quantitative estimate of drug-likeness (QED) is 0.397. The van der Waals surface area contributed by atoms with E-state index in [4.69, 9.17) is 27.9 Å². The average Bonchev–Trinajstić information content (AvgIpc) is 2.71. The lowest BCUT2D eigenvalue weighted by Crippen LogP contribution is -2.54. The maximum absolute atomic E-state index is 6.33. The molecule has 0 amide bonds. The van der Waals surface area contributed by atoms with E-state index in [0.717, 1.165) is 40.1 Å². The largest absolute Gasteiger partial charge is 0.489 e. The molecule has 2 aromatic rings. The van der Waals surface area contributed by atoms with Gasteiger partial charge in [0.15, 0.2) is 0 Å². The van der Waals surface area contributed by atoms with Crippen molar-refractivity contribution in [2.24, 2.45) is 23.2 Å². The van der Waals surface area contributed by atoms with E-state index < -0.39 is 0 Å². The predicted octanol–water partition coefficient (Wildman–Crippen LogP) is 8.03. The second-order valence-electron chi connectivity index (χ2n) is 10.2. The van der Waals surface area contributed by atoms with Crippen molar-refractivity contribution in [2.45, 2.75) is 64.6 Å². The van der Waals surface area contributed by atoms with Crippen LogP contribution in [0.3, 0.4) is 0 Å². The minimum absolute atomic E-state index is 0.426. The standard InChI is InChI=1S/C26H30BrCl2NO/c1-16(26-11-17-6-18(12-26)8-19(7-17)13-26)30-14-21-9-22(27)3-5-25(21)31-15-20-2-4-23(28)10-24(20)29/h2-5,9-10,16-19,30H,6-8,11-15H2,1H3/t16-,17?,18?,19?,26?/m0/s1. The van der Waals surface area contributed by atoms with Crippen LogP contribution in [0.2, 0.25) is 10.0 Å². The zero-order chi connectivity index (χ0) is 21.6. The molecular weight excluding hydrogens is 493 g/mol. The van der Waals surface area contributed by atoms with Gasteiger partial charge in [0.1, 0.15) is 12.4 Å². The van der Waals surface area contributed by atoms with E-state index in [2.05, 4.69) is 34.2 Å². The average molecular weight is 523 g/mol. The number of rotatable bonds is 7. The normalized spacial score (nSPS) is 29.9. The Morgan fingerprint density at radius 1 is 1.00 bits per heavy atom. The van der Waals surface area contributed by atoms with Crippen LogP contribution in [0.25, 0.3) is 0 Å². The summed E-state index contributed by atoms with van der Waals surface area (Å²) >= 11 is 16.0. The van der Waals surface area contributed by atoms with Gasteiger partial charge in [-0.2, -0.15) is 0 Å². The Hall–Kier alpha value is -0.740.